The molecule has 6 nitrogen and oxygen atoms in total. The van der Waals surface area contributed by atoms with Crippen LogP contribution in [0.3, 0.4) is 0 Å². The molecule has 0 N–H and O–H groups in total. The van der Waals surface area contributed by atoms with Crippen LogP contribution in [0.5, 0.6) is 5.75 Å². The Morgan fingerprint density at radius 2 is 1.76 bits per heavy atom. The molecule has 0 aliphatic carbocycles. The summed E-state index contributed by atoms with van der Waals surface area (Å²) in [5.41, 5.74) is 0.507. The zero-order valence-electron chi connectivity index (χ0n) is 16.5. The van der Waals surface area contributed by atoms with Crippen molar-refractivity contribution in [1.82, 2.24) is 9.21 Å². The summed E-state index contributed by atoms with van der Waals surface area (Å²) in [7, 11) is -3.79. The van der Waals surface area contributed by atoms with E-state index >= 15 is 0 Å². The first-order valence-corrected chi connectivity index (χ1v) is 11.0. The maximum atomic E-state index is 13.4. The standard InChI is InChI=1S/C21H25FN2O4S/c1-16(2)15-28-19-7-3-5-17(13-19)21(25)23-9-11-24(12-10-23)29(26,27)20-8-4-6-18(22)14-20/h3-8,13-14,16H,9-12,15H2,1-2H3. The van der Waals surface area contributed by atoms with Crippen LogP contribution in [-0.4, -0.2) is 56.3 Å². The molecule has 156 valence electrons. The second kappa shape index (κ2) is 8.92. The SMILES string of the molecule is CC(C)COc1cccc(C(=O)N2CCN(S(=O)(=O)c3cccc(F)c3)CC2)c1. The summed E-state index contributed by atoms with van der Waals surface area (Å²) in [6.45, 7) is 5.52. The number of carbonyl (C=O) groups excluding carboxylic acids is 1. The first-order chi connectivity index (χ1) is 13.8. The average molecular weight is 421 g/mol. The zero-order chi connectivity index (χ0) is 21.0. The van der Waals surface area contributed by atoms with Crippen LogP contribution in [0.25, 0.3) is 0 Å². The topological polar surface area (TPSA) is 66.9 Å². The second-order valence-electron chi connectivity index (χ2n) is 7.39. The first-order valence-electron chi connectivity index (χ1n) is 9.55. The van der Waals surface area contributed by atoms with Crippen LogP contribution in [0.15, 0.2) is 53.4 Å². The molecule has 29 heavy (non-hydrogen) atoms. The van der Waals surface area contributed by atoms with Gasteiger partial charge in [0, 0.05) is 31.7 Å². The van der Waals surface area contributed by atoms with Gasteiger partial charge < -0.3 is 9.64 Å². The van der Waals surface area contributed by atoms with Gasteiger partial charge in [-0.2, -0.15) is 4.31 Å². The van der Waals surface area contributed by atoms with E-state index in [2.05, 4.69) is 0 Å². The predicted molar refractivity (Wildman–Crippen MR) is 108 cm³/mol. The van der Waals surface area contributed by atoms with Gasteiger partial charge in [-0.15, -0.1) is 0 Å². The van der Waals surface area contributed by atoms with E-state index in [1.165, 1.54) is 22.5 Å². The van der Waals surface area contributed by atoms with Gasteiger partial charge in [0.05, 0.1) is 11.5 Å². The number of benzene rings is 2. The Morgan fingerprint density at radius 3 is 2.41 bits per heavy atom. The number of hydrogen-bond acceptors (Lipinski definition) is 4. The molecule has 0 spiro atoms. The lowest BCUT2D eigenvalue weighted by Gasteiger charge is -2.34. The number of amides is 1. The lowest BCUT2D eigenvalue weighted by atomic mass is 10.1. The van der Waals surface area contributed by atoms with Crippen molar-refractivity contribution in [3.05, 3.63) is 59.9 Å². The Labute approximate surface area is 170 Å². The molecule has 0 unspecified atom stereocenters. The zero-order valence-corrected chi connectivity index (χ0v) is 17.4. The predicted octanol–water partition coefficient (Wildman–Crippen LogP) is 3.01. The molecule has 1 aliphatic rings. The third-order valence-corrected chi connectivity index (χ3v) is 6.52. The third-order valence-electron chi connectivity index (χ3n) is 4.62. The van der Waals surface area contributed by atoms with E-state index < -0.39 is 15.8 Å². The Kier molecular flexibility index (Phi) is 6.54. The van der Waals surface area contributed by atoms with Crippen LogP contribution in [0, 0.1) is 11.7 Å². The summed E-state index contributed by atoms with van der Waals surface area (Å²) in [6.07, 6.45) is 0. The maximum Gasteiger partial charge on any atom is 0.254 e. The van der Waals surface area contributed by atoms with Crippen molar-refractivity contribution in [2.24, 2.45) is 5.92 Å². The number of hydrogen-bond donors (Lipinski definition) is 0. The van der Waals surface area contributed by atoms with Crippen molar-refractivity contribution in [2.75, 3.05) is 32.8 Å². The summed E-state index contributed by atoms with van der Waals surface area (Å²) in [4.78, 5) is 14.4. The maximum absolute atomic E-state index is 13.4. The molecule has 0 atom stereocenters. The molecule has 8 heteroatoms. The van der Waals surface area contributed by atoms with Gasteiger partial charge in [0.25, 0.3) is 5.91 Å². The molecule has 2 aromatic carbocycles. The molecule has 3 rings (SSSR count). The van der Waals surface area contributed by atoms with Gasteiger partial charge in [-0.1, -0.05) is 26.0 Å². The molecule has 2 aromatic rings. The van der Waals surface area contributed by atoms with Gasteiger partial charge >= 0.3 is 0 Å². The molecule has 1 amide bonds. The van der Waals surface area contributed by atoms with E-state index in [9.17, 15) is 17.6 Å². The molecule has 0 aromatic heterocycles. The highest BCUT2D eigenvalue weighted by Gasteiger charge is 2.30. The summed E-state index contributed by atoms with van der Waals surface area (Å²) < 4.78 is 45.8. The van der Waals surface area contributed by atoms with Gasteiger partial charge in [0.2, 0.25) is 10.0 Å². The number of ether oxygens (including phenoxy) is 1. The minimum Gasteiger partial charge on any atom is -0.493 e. The van der Waals surface area contributed by atoms with Crippen LogP contribution in [-0.2, 0) is 10.0 Å². The van der Waals surface area contributed by atoms with Crippen molar-refractivity contribution in [3.8, 4) is 5.75 Å². The Morgan fingerprint density at radius 1 is 1.07 bits per heavy atom. The van der Waals surface area contributed by atoms with E-state index in [1.54, 1.807) is 23.1 Å². The van der Waals surface area contributed by atoms with E-state index in [0.717, 1.165) is 6.07 Å². The molecular formula is C21H25FN2O4S. The highest BCUT2D eigenvalue weighted by molar-refractivity contribution is 7.89. The largest absolute Gasteiger partial charge is 0.493 e. The minimum atomic E-state index is -3.79. The van der Waals surface area contributed by atoms with E-state index in [0.29, 0.717) is 23.8 Å². The van der Waals surface area contributed by atoms with E-state index in [-0.39, 0.29) is 37.0 Å². The molecule has 1 saturated heterocycles. The number of sulfonamides is 1. The van der Waals surface area contributed by atoms with Gasteiger partial charge in [0.15, 0.2) is 0 Å². The van der Waals surface area contributed by atoms with Crippen LogP contribution in [0.2, 0.25) is 0 Å². The summed E-state index contributed by atoms with van der Waals surface area (Å²) in [6, 6.07) is 12.0. The second-order valence-corrected chi connectivity index (χ2v) is 9.32. The Bertz CT molecular complexity index is 970. The minimum absolute atomic E-state index is 0.0766. The van der Waals surface area contributed by atoms with Crippen molar-refractivity contribution < 1.29 is 22.3 Å². The molecule has 0 radical (unpaired) electrons. The average Bonchev–Trinajstić information content (AvgIpc) is 2.72. The summed E-state index contributed by atoms with van der Waals surface area (Å²) in [5, 5.41) is 0. The normalized spacial score (nSPS) is 15.5. The molecule has 1 fully saturated rings. The molecule has 0 saturated carbocycles. The fourth-order valence-corrected chi connectivity index (χ4v) is 4.53. The van der Waals surface area contributed by atoms with Crippen LogP contribution < -0.4 is 4.74 Å². The lowest BCUT2D eigenvalue weighted by Crippen LogP contribution is -2.50. The van der Waals surface area contributed by atoms with Crippen molar-refractivity contribution >= 4 is 15.9 Å². The van der Waals surface area contributed by atoms with Crippen LogP contribution in [0.1, 0.15) is 24.2 Å². The van der Waals surface area contributed by atoms with Gasteiger partial charge in [-0.25, -0.2) is 12.8 Å². The lowest BCUT2D eigenvalue weighted by molar-refractivity contribution is 0.0697. The highest BCUT2D eigenvalue weighted by atomic mass is 32.2. The Hall–Kier alpha value is -2.45. The monoisotopic (exact) mass is 420 g/mol. The fourth-order valence-electron chi connectivity index (χ4n) is 3.07. The Balaban J connectivity index is 1.65. The number of carbonyl (C=O) groups is 1. The van der Waals surface area contributed by atoms with E-state index in [1.807, 2.05) is 19.9 Å². The van der Waals surface area contributed by atoms with Crippen molar-refractivity contribution in [2.45, 2.75) is 18.7 Å². The molecule has 1 heterocycles. The molecule has 0 bridgehead atoms. The van der Waals surface area contributed by atoms with Crippen molar-refractivity contribution in [3.63, 3.8) is 0 Å². The number of halogens is 1. The van der Waals surface area contributed by atoms with Crippen LogP contribution >= 0.6 is 0 Å². The summed E-state index contributed by atoms with van der Waals surface area (Å²) >= 11 is 0. The first kappa shape index (κ1) is 21.3. The molecular weight excluding hydrogens is 395 g/mol. The molecule has 1 aliphatic heterocycles. The van der Waals surface area contributed by atoms with Crippen LogP contribution in [0.4, 0.5) is 4.39 Å². The number of piperazine rings is 1. The smallest absolute Gasteiger partial charge is 0.254 e. The van der Waals surface area contributed by atoms with Gasteiger partial charge in [-0.05, 0) is 42.3 Å². The number of nitrogens with zero attached hydrogens (tertiary/aromatic N) is 2. The quantitative estimate of drug-likeness (QED) is 0.721. The van der Waals surface area contributed by atoms with Crippen molar-refractivity contribution in [1.29, 1.82) is 0 Å². The third kappa shape index (κ3) is 5.13. The van der Waals surface area contributed by atoms with Gasteiger partial charge in [0.1, 0.15) is 11.6 Å². The fraction of sp³-hybridized carbons (Fsp3) is 0.381. The highest BCUT2D eigenvalue weighted by Crippen LogP contribution is 2.20. The van der Waals surface area contributed by atoms with Gasteiger partial charge in [-0.3, -0.25) is 4.79 Å². The van der Waals surface area contributed by atoms with E-state index in [4.69, 9.17) is 4.74 Å². The summed E-state index contributed by atoms with van der Waals surface area (Å²) in [5.74, 6) is 0.251. The number of rotatable bonds is 6.